The number of nitrogens with zero attached hydrogens (tertiary/aromatic N) is 1. The third kappa shape index (κ3) is 5.47. The maximum atomic E-state index is 12.6. The van der Waals surface area contributed by atoms with Crippen LogP contribution in [0, 0.1) is 6.92 Å². The molecule has 1 aromatic heterocycles. The zero-order valence-electron chi connectivity index (χ0n) is 19.5. The number of ether oxygens (including phenoxy) is 1. The van der Waals surface area contributed by atoms with E-state index < -0.39 is 11.8 Å². The Morgan fingerprint density at radius 1 is 0.914 bits per heavy atom. The van der Waals surface area contributed by atoms with Crippen molar-refractivity contribution in [3.05, 3.63) is 66.2 Å². The number of para-hydroxylation sites is 1. The van der Waals surface area contributed by atoms with Gasteiger partial charge in [0, 0.05) is 28.2 Å². The summed E-state index contributed by atoms with van der Waals surface area (Å²) in [7, 11) is 1.52. The highest BCUT2D eigenvalue weighted by Crippen LogP contribution is 2.36. The van der Waals surface area contributed by atoms with Crippen LogP contribution in [0.1, 0.15) is 18.9 Å². The fourth-order valence-corrected chi connectivity index (χ4v) is 3.51. The number of carbonyl (C=O) groups excluding carboxylic acids is 3. The molecule has 9 heteroatoms. The van der Waals surface area contributed by atoms with Crippen LogP contribution in [0.4, 0.5) is 11.4 Å². The average Bonchev–Trinajstić information content (AvgIpc) is 3.20. The number of hydrogen-bond donors (Lipinski definition) is 3. The molecule has 3 N–H and O–H groups in total. The smallest absolute Gasteiger partial charge is 0.329 e. The molecular weight excluding hydrogens is 448 g/mol. The van der Waals surface area contributed by atoms with Gasteiger partial charge in [0.1, 0.15) is 16.9 Å². The number of rotatable bonds is 6. The summed E-state index contributed by atoms with van der Waals surface area (Å²) in [6.07, 6.45) is -0.110. The topological polar surface area (TPSA) is 122 Å². The third-order valence-corrected chi connectivity index (χ3v) is 5.25. The van der Waals surface area contributed by atoms with Crippen LogP contribution < -0.4 is 20.8 Å². The molecule has 0 fully saturated rings. The van der Waals surface area contributed by atoms with E-state index in [1.165, 1.54) is 7.11 Å². The number of fused-ring (bicyclic) bond motifs is 3. The molecular formula is C26H24N4O5. The van der Waals surface area contributed by atoms with Gasteiger partial charge in [-0.1, -0.05) is 35.9 Å². The predicted octanol–water partition coefficient (Wildman–Crippen LogP) is 4.36. The molecule has 0 radical (unpaired) electrons. The highest BCUT2D eigenvalue weighted by molar-refractivity contribution is 6.39. The predicted molar refractivity (Wildman–Crippen MR) is 135 cm³/mol. The fraction of sp³-hybridized carbons (Fsp3) is 0.154. The number of benzene rings is 3. The lowest BCUT2D eigenvalue weighted by atomic mass is 10.1. The van der Waals surface area contributed by atoms with Gasteiger partial charge in [-0.25, -0.2) is 5.43 Å². The monoisotopic (exact) mass is 472 g/mol. The van der Waals surface area contributed by atoms with Gasteiger partial charge in [-0.3, -0.25) is 14.4 Å². The van der Waals surface area contributed by atoms with Gasteiger partial charge in [-0.15, -0.1) is 0 Å². The van der Waals surface area contributed by atoms with Gasteiger partial charge < -0.3 is 19.8 Å². The number of nitrogens with one attached hydrogen (secondary N) is 3. The first-order valence-electron chi connectivity index (χ1n) is 10.8. The van der Waals surface area contributed by atoms with Crippen LogP contribution in [0.2, 0.25) is 0 Å². The zero-order valence-corrected chi connectivity index (χ0v) is 19.5. The molecule has 0 saturated carbocycles. The van der Waals surface area contributed by atoms with Crippen LogP contribution in [-0.2, 0) is 14.4 Å². The van der Waals surface area contributed by atoms with Crippen molar-refractivity contribution in [3.8, 4) is 5.75 Å². The summed E-state index contributed by atoms with van der Waals surface area (Å²) < 4.78 is 11.3. The normalized spacial score (nSPS) is 11.3. The highest BCUT2D eigenvalue weighted by Gasteiger charge is 2.16. The van der Waals surface area contributed by atoms with E-state index in [0.717, 1.165) is 21.9 Å². The van der Waals surface area contributed by atoms with Crippen molar-refractivity contribution in [1.29, 1.82) is 0 Å². The lowest BCUT2D eigenvalue weighted by molar-refractivity contribution is -0.136. The van der Waals surface area contributed by atoms with E-state index in [1.54, 1.807) is 25.1 Å². The van der Waals surface area contributed by atoms with E-state index in [9.17, 15) is 14.4 Å². The van der Waals surface area contributed by atoms with Gasteiger partial charge in [0.15, 0.2) is 0 Å². The molecule has 3 amide bonds. The van der Waals surface area contributed by atoms with Crippen molar-refractivity contribution < 1.29 is 23.5 Å². The Morgan fingerprint density at radius 2 is 1.66 bits per heavy atom. The first kappa shape index (κ1) is 23.5. The molecule has 0 aliphatic carbocycles. The minimum Gasteiger partial charge on any atom is -0.495 e. The largest absolute Gasteiger partial charge is 0.495 e. The minimum atomic E-state index is -0.942. The summed E-state index contributed by atoms with van der Waals surface area (Å²) in [6, 6.07) is 18.2. The second kappa shape index (κ2) is 10.1. The Morgan fingerprint density at radius 3 is 2.40 bits per heavy atom. The first-order chi connectivity index (χ1) is 16.8. The van der Waals surface area contributed by atoms with E-state index in [4.69, 9.17) is 9.15 Å². The summed E-state index contributed by atoms with van der Waals surface area (Å²) in [4.78, 5) is 36.6. The van der Waals surface area contributed by atoms with Crippen molar-refractivity contribution in [2.24, 2.45) is 5.10 Å². The van der Waals surface area contributed by atoms with E-state index in [-0.39, 0.29) is 12.3 Å². The summed E-state index contributed by atoms with van der Waals surface area (Å²) in [6.45, 7) is 3.48. The van der Waals surface area contributed by atoms with Gasteiger partial charge in [0.2, 0.25) is 5.91 Å². The number of anilines is 2. The number of amides is 3. The van der Waals surface area contributed by atoms with Crippen LogP contribution in [0.15, 0.2) is 70.2 Å². The van der Waals surface area contributed by atoms with Crippen LogP contribution in [-0.4, -0.2) is 30.5 Å². The number of furan rings is 1. The molecule has 0 aliphatic heterocycles. The summed E-state index contributed by atoms with van der Waals surface area (Å²) in [5.41, 5.74) is 5.78. The summed E-state index contributed by atoms with van der Waals surface area (Å²) >= 11 is 0. The number of hydrogen-bond acceptors (Lipinski definition) is 6. The van der Waals surface area contributed by atoms with Crippen LogP contribution in [0.25, 0.3) is 21.9 Å². The van der Waals surface area contributed by atoms with E-state index >= 15 is 0 Å². The molecule has 4 rings (SSSR count). The molecule has 35 heavy (non-hydrogen) atoms. The van der Waals surface area contributed by atoms with Crippen LogP contribution in [0.3, 0.4) is 0 Å². The minimum absolute atomic E-state index is 0.110. The van der Waals surface area contributed by atoms with Crippen molar-refractivity contribution in [3.63, 3.8) is 0 Å². The zero-order chi connectivity index (χ0) is 24.9. The van der Waals surface area contributed by atoms with Crippen LogP contribution in [0.5, 0.6) is 5.75 Å². The first-order valence-corrected chi connectivity index (χ1v) is 10.8. The molecule has 9 nitrogen and oxygen atoms in total. The Hall–Kier alpha value is -4.66. The quantitative estimate of drug-likeness (QED) is 0.219. The second-order valence-electron chi connectivity index (χ2n) is 7.98. The number of aryl methyl sites for hydroxylation is 1. The van der Waals surface area contributed by atoms with Gasteiger partial charge in [-0.2, -0.15) is 5.10 Å². The Labute approximate surface area is 201 Å². The van der Waals surface area contributed by atoms with E-state index in [2.05, 4.69) is 21.2 Å². The molecule has 0 unspecified atom stereocenters. The van der Waals surface area contributed by atoms with Gasteiger partial charge in [0.25, 0.3) is 0 Å². The number of carbonyl (C=O) groups is 3. The number of hydrazone groups is 1. The number of methoxy groups -OCH3 is 1. The third-order valence-electron chi connectivity index (χ3n) is 5.25. The molecule has 0 spiro atoms. The molecule has 3 aromatic carbocycles. The molecule has 0 bridgehead atoms. The van der Waals surface area contributed by atoms with Crippen molar-refractivity contribution in [2.75, 3.05) is 17.7 Å². The summed E-state index contributed by atoms with van der Waals surface area (Å²) in [5, 5.41) is 10.9. The SMILES string of the molecule is COc1cc2c(cc1NC(=O)C/C(C)=N/NC(=O)C(=O)Nc1ccc(C)cc1)oc1ccccc12. The van der Waals surface area contributed by atoms with Crippen molar-refractivity contribution in [1.82, 2.24) is 5.43 Å². The lowest BCUT2D eigenvalue weighted by Gasteiger charge is -2.10. The Kier molecular flexibility index (Phi) is 6.77. The van der Waals surface area contributed by atoms with E-state index in [1.807, 2.05) is 49.4 Å². The summed E-state index contributed by atoms with van der Waals surface area (Å²) in [5.74, 6) is -1.70. The van der Waals surface area contributed by atoms with E-state index in [0.29, 0.717) is 28.4 Å². The standard InChI is InChI=1S/C26H24N4O5/c1-15-8-10-17(11-9-15)27-25(32)26(33)30-29-16(2)12-24(31)28-20-14-22-19(13-23(20)34-3)18-6-4-5-7-21(18)35-22/h4-11,13-14H,12H2,1-3H3,(H,27,32)(H,28,31)(H,30,33)/b29-16+. The van der Waals surface area contributed by atoms with Gasteiger partial charge in [0.05, 0.1) is 19.2 Å². The van der Waals surface area contributed by atoms with Gasteiger partial charge in [-0.05, 0) is 38.1 Å². The molecule has 0 atom stereocenters. The van der Waals surface area contributed by atoms with Gasteiger partial charge >= 0.3 is 11.8 Å². The fourth-order valence-electron chi connectivity index (χ4n) is 3.51. The molecule has 178 valence electrons. The molecule has 4 aromatic rings. The second-order valence-corrected chi connectivity index (χ2v) is 7.98. The maximum Gasteiger partial charge on any atom is 0.329 e. The molecule has 1 heterocycles. The lowest BCUT2D eigenvalue weighted by Crippen LogP contribution is -2.33. The van der Waals surface area contributed by atoms with Crippen molar-refractivity contribution >= 4 is 56.7 Å². The Balaban J connectivity index is 1.38. The van der Waals surface area contributed by atoms with Crippen LogP contribution >= 0.6 is 0 Å². The maximum absolute atomic E-state index is 12.6. The molecule has 0 aliphatic rings. The Bertz CT molecular complexity index is 1450. The average molecular weight is 473 g/mol. The molecule has 0 saturated heterocycles. The highest BCUT2D eigenvalue weighted by atomic mass is 16.5. The van der Waals surface area contributed by atoms with Crippen molar-refractivity contribution in [2.45, 2.75) is 20.3 Å².